The van der Waals surface area contributed by atoms with Crippen molar-refractivity contribution in [1.82, 2.24) is 9.55 Å². The highest BCUT2D eigenvalue weighted by atomic mass is 16.5. The predicted molar refractivity (Wildman–Crippen MR) is 124 cm³/mol. The van der Waals surface area contributed by atoms with Crippen LogP contribution in [-0.4, -0.2) is 33.8 Å². The molecule has 1 N–H and O–H groups in total. The third kappa shape index (κ3) is 4.75. The number of pyridine rings is 1. The molecule has 0 saturated heterocycles. The number of carboxylic acids is 1. The Bertz CT molecular complexity index is 1200. The molecule has 0 saturated carbocycles. The molecule has 0 fully saturated rings. The first kappa shape index (κ1) is 21.4. The van der Waals surface area contributed by atoms with E-state index in [0.29, 0.717) is 19.8 Å². The first-order chi connectivity index (χ1) is 15.7. The number of unbranched alkanes of at least 4 members (excludes halogenated alkanes) is 1. The van der Waals surface area contributed by atoms with E-state index in [9.17, 15) is 9.90 Å². The summed E-state index contributed by atoms with van der Waals surface area (Å²) in [6.07, 6.45) is 3.35. The molecule has 0 bridgehead atoms. The molecule has 2 aromatic heterocycles. The van der Waals surface area contributed by atoms with Crippen LogP contribution in [0.15, 0.2) is 72.9 Å². The van der Waals surface area contributed by atoms with Gasteiger partial charge in [-0.2, -0.15) is 0 Å². The van der Waals surface area contributed by atoms with Crippen molar-refractivity contribution in [3.05, 3.63) is 78.6 Å². The molecule has 0 aliphatic carbocycles. The fourth-order valence-electron chi connectivity index (χ4n) is 3.81. The molecule has 6 nitrogen and oxygen atoms in total. The molecular weight excluding hydrogens is 404 g/mol. The van der Waals surface area contributed by atoms with Crippen LogP contribution < -0.4 is 9.47 Å². The largest absolute Gasteiger partial charge is 0.494 e. The molecule has 0 atom stereocenters. The van der Waals surface area contributed by atoms with E-state index in [1.807, 2.05) is 72.2 Å². The number of aromatic nitrogens is 2. The Morgan fingerprint density at radius 3 is 2.56 bits per heavy atom. The van der Waals surface area contributed by atoms with Gasteiger partial charge >= 0.3 is 5.97 Å². The molecule has 0 radical (unpaired) electrons. The topological polar surface area (TPSA) is 73.6 Å². The molecule has 0 spiro atoms. The lowest BCUT2D eigenvalue weighted by Crippen LogP contribution is -2.09. The number of hydrogen-bond donors (Lipinski definition) is 1. The lowest BCUT2D eigenvalue weighted by atomic mass is 10.1. The molecular formula is C26H26N2O4. The third-order valence-corrected chi connectivity index (χ3v) is 5.26. The first-order valence-electron chi connectivity index (χ1n) is 10.8. The summed E-state index contributed by atoms with van der Waals surface area (Å²) in [5.74, 6) is 0.658. The van der Waals surface area contributed by atoms with Gasteiger partial charge in [0.15, 0.2) is 0 Å². The Balaban J connectivity index is 1.56. The van der Waals surface area contributed by atoms with Gasteiger partial charge in [-0.15, -0.1) is 0 Å². The summed E-state index contributed by atoms with van der Waals surface area (Å²) in [6.45, 7) is 3.69. The van der Waals surface area contributed by atoms with Crippen LogP contribution in [0.25, 0.3) is 22.2 Å². The van der Waals surface area contributed by atoms with Crippen molar-refractivity contribution in [2.45, 2.75) is 26.3 Å². The van der Waals surface area contributed by atoms with E-state index in [2.05, 4.69) is 4.98 Å². The van der Waals surface area contributed by atoms with Gasteiger partial charge in [0.25, 0.3) is 0 Å². The number of carboxylic acid groups (broad SMARTS) is 1. The molecule has 6 heteroatoms. The summed E-state index contributed by atoms with van der Waals surface area (Å²) in [5, 5.41) is 10.6. The molecule has 0 aliphatic heterocycles. The quantitative estimate of drug-likeness (QED) is 0.329. The minimum absolute atomic E-state index is 0.263. The summed E-state index contributed by atoms with van der Waals surface area (Å²) in [7, 11) is 0. The number of aromatic carboxylic acids is 1. The molecule has 2 heterocycles. The van der Waals surface area contributed by atoms with Crippen molar-refractivity contribution in [1.29, 1.82) is 0 Å². The monoisotopic (exact) mass is 430 g/mol. The maximum Gasteiger partial charge on any atom is 0.352 e. The summed E-state index contributed by atoms with van der Waals surface area (Å²) >= 11 is 0. The second kappa shape index (κ2) is 10.0. The highest BCUT2D eigenvalue weighted by molar-refractivity contribution is 6.00. The van der Waals surface area contributed by atoms with Crippen molar-refractivity contribution >= 4 is 16.9 Å². The lowest BCUT2D eigenvalue weighted by molar-refractivity contribution is 0.0685. The maximum absolute atomic E-state index is 12.0. The minimum Gasteiger partial charge on any atom is -0.494 e. The second-order valence-corrected chi connectivity index (χ2v) is 7.41. The Kier molecular flexibility index (Phi) is 6.70. The molecule has 4 rings (SSSR count). The summed E-state index contributed by atoms with van der Waals surface area (Å²) in [4.78, 5) is 16.5. The highest BCUT2D eigenvalue weighted by Gasteiger charge is 2.18. The van der Waals surface area contributed by atoms with E-state index in [-0.39, 0.29) is 5.69 Å². The number of hydrogen-bond acceptors (Lipinski definition) is 4. The number of rotatable bonds is 10. The van der Waals surface area contributed by atoms with E-state index in [0.717, 1.165) is 46.5 Å². The minimum atomic E-state index is -0.948. The smallest absolute Gasteiger partial charge is 0.352 e. The molecule has 0 amide bonds. The van der Waals surface area contributed by atoms with Crippen molar-refractivity contribution in [2.75, 3.05) is 13.2 Å². The fourth-order valence-corrected chi connectivity index (χ4v) is 3.81. The zero-order valence-electron chi connectivity index (χ0n) is 18.0. The van der Waals surface area contributed by atoms with E-state index in [4.69, 9.17) is 9.47 Å². The van der Waals surface area contributed by atoms with E-state index >= 15 is 0 Å². The SMILES string of the molecule is CCOc1cccc(-c2nccc3c2cc(C(=O)O)n3CCCCOc2ccccc2)c1. The number of aryl methyl sites for hydroxylation is 1. The Morgan fingerprint density at radius 1 is 0.969 bits per heavy atom. The molecule has 0 aliphatic rings. The van der Waals surface area contributed by atoms with Gasteiger partial charge in [0.1, 0.15) is 17.2 Å². The molecule has 4 aromatic rings. The van der Waals surface area contributed by atoms with Crippen molar-refractivity contribution in [3.8, 4) is 22.8 Å². The molecule has 0 unspecified atom stereocenters. The maximum atomic E-state index is 12.0. The number of nitrogens with zero attached hydrogens (tertiary/aromatic N) is 2. The van der Waals surface area contributed by atoms with E-state index in [1.54, 1.807) is 12.3 Å². The third-order valence-electron chi connectivity index (χ3n) is 5.26. The van der Waals surface area contributed by atoms with Crippen molar-refractivity contribution < 1.29 is 19.4 Å². The number of carbonyl (C=O) groups is 1. The van der Waals surface area contributed by atoms with Crippen molar-refractivity contribution in [3.63, 3.8) is 0 Å². The van der Waals surface area contributed by atoms with Gasteiger partial charge < -0.3 is 19.1 Å². The van der Waals surface area contributed by atoms with Crippen LogP contribution in [0.4, 0.5) is 0 Å². The Morgan fingerprint density at radius 2 is 1.78 bits per heavy atom. The highest BCUT2D eigenvalue weighted by Crippen LogP contribution is 2.31. The number of fused-ring (bicyclic) bond motifs is 1. The van der Waals surface area contributed by atoms with Crippen molar-refractivity contribution in [2.24, 2.45) is 0 Å². The van der Waals surface area contributed by atoms with Gasteiger partial charge in [0, 0.05) is 23.7 Å². The van der Waals surface area contributed by atoms with Crippen LogP contribution in [0.5, 0.6) is 11.5 Å². The average molecular weight is 431 g/mol. The van der Waals surface area contributed by atoms with Crippen LogP contribution in [-0.2, 0) is 6.54 Å². The van der Waals surface area contributed by atoms with Gasteiger partial charge in [-0.1, -0.05) is 30.3 Å². The van der Waals surface area contributed by atoms with Gasteiger partial charge in [-0.05, 0) is 56.2 Å². The van der Waals surface area contributed by atoms with Crippen LogP contribution in [0.3, 0.4) is 0 Å². The van der Waals surface area contributed by atoms with Gasteiger partial charge in [0.05, 0.1) is 24.4 Å². The summed E-state index contributed by atoms with van der Waals surface area (Å²) < 4.78 is 13.2. The molecule has 2 aromatic carbocycles. The van der Waals surface area contributed by atoms with E-state index < -0.39 is 5.97 Å². The Labute approximate surface area is 187 Å². The number of ether oxygens (including phenoxy) is 2. The van der Waals surface area contributed by atoms with Crippen LogP contribution >= 0.6 is 0 Å². The van der Waals surface area contributed by atoms with Crippen LogP contribution in [0.2, 0.25) is 0 Å². The summed E-state index contributed by atoms with van der Waals surface area (Å²) in [6, 6.07) is 21.0. The molecule has 32 heavy (non-hydrogen) atoms. The zero-order valence-corrected chi connectivity index (χ0v) is 18.0. The second-order valence-electron chi connectivity index (χ2n) is 7.41. The van der Waals surface area contributed by atoms with Crippen LogP contribution in [0, 0.1) is 0 Å². The van der Waals surface area contributed by atoms with Gasteiger partial charge in [-0.3, -0.25) is 4.98 Å². The summed E-state index contributed by atoms with van der Waals surface area (Å²) in [5.41, 5.74) is 2.77. The first-order valence-corrected chi connectivity index (χ1v) is 10.8. The Hall–Kier alpha value is -3.80. The van der Waals surface area contributed by atoms with Gasteiger partial charge in [0.2, 0.25) is 0 Å². The van der Waals surface area contributed by atoms with E-state index in [1.165, 1.54) is 0 Å². The fraction of sp³-hybridized carbons (Fsp3) is 0.231. The molecule has 164 valence electrons. The zero-order chi connectivity index (χ0) is 22.3. The van der Waals surface area contributed by atoms with Gasteiger partial charge in [-0.25, -0.2) is 4.79 Å². The number of benzene rings is 2. The normalized spacial score (nSPS) is 10.9. The number of para-hydroxylation sites is 1. The standard InChI is InChI=1S/C26H26N2O4/c1-2-31-21-12-8-9-19(17-21)25-22-18-24(26(29)30)28(23(22)13-14-27-25)15-6-7-16-32-20-10-4-3-5-11-20/h3-5,8-14,17-18H,2,6-7,15-16H2,1H3,(H,29,30). The lowest BCUT2D eigenvalue weighted by Gasteiger charge is -2.10. The predicted octanol–water partition coefficient (Wildman–Crippen LogP) is 5.66. The average Bonchev–Trinajstić information content (AvgIpc) is 3.19. The van der Waals surface area contributed by atoms with Crippen LogP contribution in [0.1, 0.15) is 30.3 Å².